The van der Waals surface area contributed by atoms with E-state index in [1.54, 1.807) is 0 Å². The first-order chi connectivity index (χ1) is 13.2. The summed E-state index contributed by atoms with van der Waals surface area (Å²) in [5.41, 5.74) is 0. The lowest BCUT2D eigenvalue weighted by atomic mass is 10.2. The van der Waals surface area contributed by atoms with E-state index in [2.05, 4.69) is 34.3 Å². The molecule has 0 heterocycles. The monoisotopic (exact) mass is 402 g/mol. The van der Waals surface area contributed by atoms with Crippen molar-refractivity contribution in [2.45, 2.75) is 111 Å². The van der Waals surface area contributed by atoms with Crippen molar-refractivity contribution in [2.24, 2.45) is 0 Å². The predicted molar refractivity (Wildman–Crippen MR) is 117 cm³/mol. The van der Waals surface area contributed by atoms with Gasteiger partial charge in [-0.25, -0.2) is 0 Å². The summed E-state index contributed by atoms with van der Waals surface area (Å²) < 4.78 is 25.1. The quantitative estimate of drug-likeness (QED) is 0.120. The first-order valence-corrected chi connectivity index (χ1v) is 13.0. The van der Waals surface area contributed by atoms with E-state index in [0.29, 0.717) is 19.8 Å². The molecule has 1 unspecified atom stereocenters. The van der Waals surface area contributed by atoms with E-state index in [4.69, 9.17) is 17.7 Å². The van der Waals surface area contributed by atoms with Crippen molar-refractivity contribution in [3.05, 3.63) is 12.7 Å². The van der Waals surface area contributed by atoms with Gasteiger partial charge in [0.2, 0.25) is 0 Å². The van der Waals surface area contributed by atoms with Gasteiger partial charge >= 0.3 is 9.05 Å². The van der Waals surface area contributed by atoms with Crippen molar-refractivity contribution in [1.29, 1.82) is 0 Å². The van der Waals surface area contributed by atoms with Crippen LogP contribution in [0.25, 0.3) is 0 Å². The molecule has 27 heavy (non-hydrogen) atoms. The van der Waals surface area contributed by atoms with Crippen LogP contribution in [0.3, 0.4) is 0 Å². The topological polar surface area (TPSA) is 36.9 Å². The SMILES string of the molecule is C=CC(CCCC)O[Si](OCCCCC)(OCCCCC)OCCCCC. The molecule has 0 bridgehead atoms. The minimum atomic E-state index is -3.15. The van der Waals surface area contributed by atoms with Gasteiger partial charge in [-0.15, -0.1) is 6.58 Å². The van der Waals surface area contributed by atoms with Gasteiger partial charge in [0, 0.05) is 19.8 Å². The largest absolute Gasteiger partial charge is 0.680 e. The molecule has 0 aliphatic carbocycles. The lowest BCUT2D eigenvalue weighted by molar-refractivity contribution is -0.0506. The molecule has 1 atom stereocenters. The second-order valence-corrected chi connectivity index (χ2v) is 9.30. The van der Waals surface area contributed by atoms with E-state index in [1.807, 2.05) is 6.08 Å². The highest BCUT2D eigenvalue weighted by molar-refractivity contribution is 6.53. The molecule has 0 saturated carbocycles. The van der Waals surface area contributed by atoms with E-state index in [-0.39, 0.29) is 6.10 Å². The van der Waals surface area contributed by atoms with E-state index >= 15 is 0 Å². The Morgan fingerprint density at radius 3 is 1.41 bits per heavy atom. The maximum atomic E-state index is 6.38. The average molecular weight is 403 g/mol. The third-order valence-electron chi connectivity index (χ3n) is 4.48. The summed E-state index contributed by atoms with van der Waals surface area (Å²) in [7, 11) is -3.15. The minimum absolute atomic E-state index is 0.0693. The molecule has 0 aromatic carbocycles. The van der Waals surface area contributed by atoms with Crippen LogP contribution < -0.4 is 0 Å². The number of unbranched alkanes of at least 4 members (excludes halogenated alkanes) is 7. The van der Waals surface area contributed by atoms with E-state index in [1.165, 1.54) is 19.3 Å². The molecule has 0 aliphatic rings. The summed E-state index contributed by atoms with van der Waals surface area (Å²) in [5.74, 6) is 0. The second-order valence-electron chi connectivity index (χ2n) is 7.20. The lowest BCUT2D eigenvalue weighted by Crippen LogP contribution is -2.52. The molecule has 0 fully saturated rings. The normalized spacial score (nSPS) is 13.0. The van der Waals surface area contributed by atoms with E-state index < -0.39 is 9.05 Å². The predicted octanol–water partition coefficient (Wildman–Crippen LogP) is 6.80. The molecule has 0 rings (SSSR count). The highest BCUT2D eigenvalue weighted by Gasteiger charge is 2.47. The van der Waals surface area contributed by atoms with Gasteiger partial charge in [-0.2, -0.15) is 0 Å². The highest BCUT2D eigenvalue weighted by atomic mass is 28.4. The van der Waals surface area contributed by atoms with Gasteiger partial charge < -0.3 is 17.7 Å². The van der Waals surface area contributed by atoms with Crippen LogP contribution in [0.1, 0.15) is 105 Å². The minimum Gasteiger partial charge on any atom is -0.351 e. The van der Waals surface area contributed by atoms with E-state index in [0.717, 1.165) is 57.8 Å². The summed E-state index contributed by atoms with van der Waals surface area (Å²) in [6, 6.07) is 0. The van der Waals surface area contributed by atoms with Gasteiger partial charge in [-0.3, -0.25) is 0 Å². The lowest BCUT2D eigenvalue weighted by Gasteiger charge is -2.31. The molecule has 0 aromatic rings. The van der Waals surface area contributed by atoms with Crippen LogP contribution in [0.4, 0.5) is 0 Å². The molecule has 0 aromatic heterocycles. The zero-order valence-corrected chi connectivity index (χ0v) is 19.6. The Morgan fingerprint density at radius 2 is 1.07 bits per heavy atom. The maximum absolute atomic E-state index is 6.38. The number of hydrogen-bond acceptors (Lipinski definition) is 4. The Kier molecular flexibility index (Phi) is 19.0. The van der Waals surface area contributed by atoms with Crippen LogP contribution in [0.5, 0.6) is 0 Å². The third kappa shape index (κ3) is 14.4. The number of rotatable bonds is 21. The molecule has 0 radical (unpaired) electrons. The fourth-order valence-corrected chi connectivity index (χ4v) is 4.91. The Hall–Kier alpha value is -0.203. The van der Waals surface area contributed by atoms with Crippen molar-refractivity contribution in [1.82, 2.24) is 0 Å². The molecule has 4 nitrogen and oxygen atoms in total. The summed E-state index contributed by atoms with van der Waals surface area (Å²) in [5, 5.41) is 0. The zero-order chi connectivity index (χ0) is 20.2. The molecule has 0 spiro atoms. The smallest absolute Gasteiger partial charge is 0.351 e. The second kappa shape index (κ2) is 19.1. The van der Waals surface area contributed by atoms with Gasteiger partial charge in [0.1, 0.15) is 0 Å². The van der Waals surface area contributed by atoms with Crippen LogP contribution in [0.2, 0.25) is 0 Å². The van der Waals surface area contributed by atoms with Gasteiger partial charge in [0.25, 0.3) is 0 Å². The van der Waals surface area contributed by atoms with Crippen molar-refractivity contribution >= 4 is 9.05 Å². The fraction of sp³-hybridized carbons (Fsp3) is 0.909. The van der Waals surface area contributed by atoms with E-state index in [9.17, 15) is 0 Å². The zero-order valence-electron chi connectivity index (χ0n) is 18.6. The maximum Gasteiger partial charge on any atom is 0.680 e. The van der Waals surface area contributed by atoms with Gasteiger partial charge in [-0.1, -0.05) is 85.1 Å². The number of hydrogen-bond donors (Lipinski definition) is 0. The molecule has 0 saturated heterocycles. The summed E-state index contributed by atoms with van der Waals surface area (Å²) in [6.45, 7) is 14.7. The van der Waals surface area contributed by atoms with Crippen molar-refractivity contribution in [2.75, 3.05) is 19.8 Å². The van der Waals surface area contributed by atoms with Crippen molar-refractivity contribution in [3.63, 3.8) is 0 Å². The molecular formula is C22H46O4Si. The fourth-order valence-electron chi connectivity index (χ4n) is 2.69. The average Bonchev–Trinajstić information content (AvgIpc) is 2.69. The Balaban J connectivity index is 5.02. The first kappa shape index (κ1) is 26.8. The molecule has 5 heteroatoms. The standard InChI is InChI=1S/C22H46O4Si/c1-6-11-15-19-23-27(24-20-16-12-7-2,25-21-17-13-8-3)26-22(10-5)18-14-9-4/h10,22H,5-9,11-21H2,1-4H3. The van der Waals surface area contributed by atoms with Crippen molar-refractivity contribution < 1.29 is 17.7 Å². The van der Waals surface area contributed by atoms with Gasteiger partial charge in [0.05, 0.1) is 6.10 Å². The van der Waals surface area contributed by atoms with Crippen LogP contribution in [0.15, 0.2) is 12.7 Å². The van der Waals surface area contributed by atoms with Crippen molar-refractivity contribution in [3.8, 4) is 0 Å². The Bertz CT molecular complexity index is 294. The van der Waals surface area contributed by atoms with Crippen LogP contribution >= 0.6 is 0 Å². The third-order valence-corrected chi connectivity index (χ3v) is 6.75. The van der Waals surface area contributed by atoms with Crippen LogP contribution in [0, 0.1) is 0 Å². The summed E-state index contributed by atoms with van der Waals surface area (Å²) >= 11 is 0. The molecule has 0 aliphatic heterocycles. The Morgan fingerprint density at radius 1 is 0.667 bits per heavy atom. The van der Waals surface area contributed by atoms with Gasteiger partial charge in [0.15, 0.2) is 0 Å². The Labute approximate surface area is 170 Å². The summed E-state index contributed by atoms with van der Waals surface area (Å²) in [4.78, 5) is 0. The molecule has 0 N–H and O–H groups in total. The van der Waals surface area contributed by atoms with Crippen LogP contribution in [-0.2, 0) is 17.7 Å². The van der Waals surface area contributed by atoms with Crippen LogP contribution in [-0.4, -0.2) is 35.0 Å². The molecule has 162 valence electrons. The van der Waals surface area contributed by atoms with Gasteiger partial charge in [-0.05, 0) is 25.7 Å². The highest BCUT2D eigenvalue weighted by Crippen LogP contribution is 2.20. The summed E-state index contributed by atoms with van der Waals surface area (Å²) in [6.07, 6.45) is 15.0. The molecule has 0 amide bonds. The first-order valence-electron chi connectivity index (χ1n) is 11.4. The molecular weight excluding hydrogens is 356 g/mol.